The Balaban J connectivity index is 1.54. The summed E-state index contributed by atoms with van der Waals surface area (Å²) in [5.74, 6) is 0.907. The fraction of sp³-hybridized carbons (Fsp3) is 0.238. The van der Waals surface area contributed by atoms with Crippen LogP contribution < -0.4 is 9.80 Å². The van der Waals surface area contributed by atoms with Gasteiger partial charge in [0, 0.05) is 11.1 Å². The van der Waals surface area contributed by atoms with Crippen LogP contribution in [0, 0.1) is 0 Å². The van der Waals surface area contributed by atoms with Gasteiger partial charge in [-0.25, -0.2) is 0 Å². The molecule has 0 amide bonds. The van der Waals surface area contributed by atoms with Crippen LogP contribution in [0.25, 0.3) is 0 Å². The first-order valence-electron chi connectivity index (χ1n) is 9.00. The summed E-state index contributed by atoms with van der Waals surface area (Å²) in [6.45, 7) is 4.03. The molecule has 1 aliphatic rings. The number of nitrogens with one attached hydrogen (secondary N) is 1. The van der Waals surface area contributed by atoms with Gasteiger partial charge in [0.25, 0.3) is 0 Å². The number of piperazine rings is 1. The van der Waals surface area contributed by atoms with Gasteiger partial charge in [0.05, 0.1) is 26.2 Å². The quantitative estimate of drug-likeness (QED) is 0.771. The van der Waals surface area contributed by atoms with Gasteiger partial charge < -0.3 is 9.80 Å². The number of quaternary nitrogens is 1. The number of halogens is 1. The van der Waals surface area contributed by atoms with Crippen molar-refractivity contribution in [3.05, 3.63) is 89.1 Å². The molecule has 5 heteroatoms. The predicted molar refractivity (Wildman–Crippen MR) is 105 cm³/mol. The Bertz CT molecular complexity index is 776. The number of benzene rings is 2. The first-order chi connectivity index (χ1) is 12.8. The molecule has 4 nitrogen and oxygen atoms in total. The molecule has 26 heavy (non-hydrogen) atoms. The summed E-state index contributed by atoms with van der Waals surface area (Å²) < 4.78 is 0. The summed E-state index contributed by atoms with van der Waals surface area (Å²) in [6.07, 6.45) is 0. The fourth-order valence-electron chi connectivity index (χ4n) is 3.74. The van der Waals surface area contributed by atoms with E-state index in [9.17, 15) is 0 Å². The lowest BCUT2D eigenvalue weighted by molar-refractivity contribution is -0.926. The Morgan fingerprint density at radius 2 is 1.35 bits per heavy atom. The maximum absolute atomic E-state index is 5.85. The number of aromatic nitrogens is 2. The zero-order valence-electron chi connectivity index (χ0n) is 14.6. The number of hydrogen-bond acceptors (Lipinski definition) is 3. The van der Waals surface area contributed by atoms with Gasteiger partial charge in [-0.15, -0.1) is 10.2 Å². The molecule has 0 atom stereocenters. The van der Waals surface area contributed by atoms with Crippen molar-refractivity contribution in [2.75, 3.05) is 31.1 Å². The Kier molecular flexibility index (Phi) is 5.14. The first kappa shape index (κ1) is 17.0. The van der Waals surface area contributed by atoms with Gasteiger partial charge in [-0.1, -0.05) is 72.3 Å². The molecular weight excluding hydrogens is 344 g/mol. The fourth-order valence-corrected chi connectivity index (χ4v) is 3.84. The van der Waals surface area contributed by atoms with Gasteiger partial charge in [0.2, 0.25) is 0 Å². The molecule has 4 rings (SSSR count). The third kappa shape index (κ3) is 3.71. The number of rotatable bonds is 4. The highest BCUT2D eigenvalue weighted by Gasteiger charge is 2.30. The molecule has 3 aromatic rings. The second kappa shape index (κ2) is 7.85. The zero-order chi connectivity index (χ0) is 17.8. The SMILES string of the molecule is Clc1ccc(N2CC[NH+](C(c3ccccc3)c3ccccc3)CC2)nn1. The number of nitrogens with zero attached hydrogens (tertiary/aromatic N) is 3. The normalized spacial score (nSPS) is 15.4. The van der Waals surface area contributed by atoms with E-state index < -0.39 is 0 Å². The Labute approximate surface area is 159 Å². The lowest BCUT2D eigenvalue weighted by Gasteiger charge is -2.37. The van der Waals surface area contributed by atoms with Gasteiger partial charge in [-0.05, 0) is 12.1 Å². The van der Waals surface area contributed by atoms with Gasteiger partial charge >= 0.3 is 0 Å². The molecule has 0 spiro atoms. The Morgan fingerprint density at radius 1 is 0.769 bits per heavy atom. The van der Waals surface area contributed by atoms with Crippen LogP contribution in [-0.4, -0.2) is 36.4 Å². The standard InChI is InChI=1S/C21H21ClN4/c22-19-11-12-20(24-23-19)25-13-15-26(16-14-25)21(17-7-3-1-4-8-17)18-9-5-2-6-10-18/h1-12,21H,13-16H2/p+1. The van der Waals surface area contributed by atoms with Crippen LogP contribution in [0.2, 0.25) is 5.15 Å². The number of hydrogen-bond donors (Lipinski definition) is 1. The van der Waals surface area contributed by atoms with E-state index in [2.05, 4.69) is 75.8 Å². The summed E-state index contributed by atoms with van der Waals surface area (Å²) in [7, 11) is 0. The maximum Gasteiger partial charge on any atom is 0.151 e. The molecule has 2 heterocycles. The molecule has 0 aliphatic carbocycles. The van der Waals surface area contributed by atoms with E-state index in [0.717, 1.165) is 32.0 Å². The van der Waals surface area contributed by atoms with Crippen LogP contribution in [0.15, 0.2) is 72.8 Å². The monoisotopic (exact) mass is 365 g/mol. The zero-order valence-corrected chi connectivity index (χ0v) is 15.3. The second-order valence-corrected chi connectivity index (χ2v) is 7.00. The molecular formula is C21H22ClN4+. The molecule has 1 aliphatic heterocycles. The summed E-state index contributed by atoms with van der Waals surface area (Å²) in [5, 5.41) is 8.63. The van der Waals surface area contributed by atoms with Crippen molar-refractivity contribution >= 4 is 17.4 Å². The lowest BCUT2D eigenvalue weighted by atomic mass is 9.96. The van der Waals surface area contributed by atoms with Crippen LogP contribution in [0.3, 0.4) is 0 Å². The molecule has 0 radical (unpaired) electrons. The molecule has 2 aromatic carbocycles. The van der Waals surface area contributed by atoms with E-state index in [1.54, 1.807) is 11.0 Å². The van der Waals surface area contributed by atoms with Crippen molar-refractivity contribution in [1.29, 1.82) is 0 Å². The van der Waals surface area contributed by atoms with E-state index >= 15 is 0 Å². The highest BCUT2D eigenvalue weighted by molar-refractivity contribution is 6.29. The van der Waals surface area contributed by atoms with Gasteiger partial charge in [-0.2, -0.15) is 0 Å². The second-order valence-electron chi connectivity index (χ2n) is 6.61. The maximum atomic E-state index is 5.85. The highest BCUT2D eigenvalue weighted by Crippen LogP contribution is 2.20. The Morgan fingerprint density at radius 3 is 1.85 bits per heavy atom. The molecule has 1 N–H and O–H groups in total. The van der Waals surface area contributed by atoms with Gasteiger partial charge in [-0.3, -0.25) is 0 Å². The predicted octanol–water partition coefficient (Wildman–Crippen LogP) is 2.62. The summed E-state index contributed by atoms with van der Waals surface area (Å²) >= 11 is 5.85. The highest BCUT2D eigenvalue weighted by atomic mass is 35.5. The third-order valence-electron chi connectivity index (χ3n) is 5.02. The van der Waals surface area contributed by atoms with Crippen molar-refractivity contribution in [3.8, 4) is 0 Å². The molecule has 1 saturated heterocycles. The molecule has 0 bridgehead atoms. The average Bonchev–Trinajstić information content (AvgIpc) is 2.71. The minimum Gasteiger partial charge on any atom is -0.344 e. The average molecular weight is 366 g/mol. The van der Waals surface area contributed by atoms with Crippen LogP contribution in [-0.2, 0) is 0 Å². The smallest absolute Gasteiger partial charge is 0.151 e. The van der Waals surface area contributed by atoms with Crippen molar-refractivity contribution < 1.29 is 4.90 Å². The lowest BCUT2D eigenvalue weighted by Crippen LogP contribution is -3.15. The molecule has 1 aromatic heterocycles. The largest absolute Gasteiger partial charge is 0.344 e. The van der Waals surface area contributed by atoms with E-state index in [-0.39, 0.29) is 0 Å². The van der Waals surface area contributed by atoms with E-state index in [0.29, 0.717) is 11.2 Å². The van der Waals surface area contributed by atoms with Crippen molar-refractivity contribution in [1.82, 2.24) is 10.2 Å². The minimum absolute atomic E-state index is 0.357. The van der Waals surface area contributed by atoms with Crippen LogP contribution >= 0.6 is 11.6 Å². The molecule has 0 unspecified atom stereocenters. The van der Waals surface area contributed by atoms with E-state index in [4.69, 9.17) is 11.6 Å². The molecule has 1 fully saturated rings. The topological polar surface area (TPSA) is 33.5 Å². The summed E-state index contributed by atoms with van der Waals surface area (Å²) in [6, 6.07) is 25.7. The van der Waals surface area contributed by atoms with Crippen LogP contribution in [0.1, 0.15) is 17.2 Å². The van der Waals surface area contributed by atoms with Crippen molar-refractivity contribution in [2.24, 2.45) is 0 Å². The molecule has 132 valence electrons. The summed E-state index contributed by atoms with van der Waals surface area (Å²) in [4.78, 5) is 3.88. The molecule has 0 saturated carbocycles. The number of anilines is 1. The van der Waals surface area contributed by atoms with Crippen molar-refractivity contribution in [3.63, 3.8) is 0 Å². The first-order valence-corrected chi connectivity index (χ1v) is 9.38. The van der Waals surface area contributed by atoms with Gasteiger partial charge in [0.1, 0.15) is 6.04 Å². The third-order valence-corrected chi connectivity index (χ3v) is 5.22. The minimum atomic E-state index is 0.357. The van der Waals surface area contributed by atoms with E-state index in [1.807, 2.05) is 6.07 Å². The van der Waals surface area contributed by atoms with Crippen molar-refractivity contribution in [2.45, 2.75) is 6.04 Å². The van der Waals surface area contributed by atoms with Crippen LogP contribution in [0.5, 0.6) is 0 Å². The van der Waals surface area contributed by atoms with Crippen LogP contribution in [0.4, 0.5) is 5.82 Å². The summed E-state index contributed by atoms with van der Waals surface area (Å²) in [5.41, 5.74) is 2.74. The van der Waals surface area contributed by atoms with Gasteiger partial charge in [0.15, 0.2) is 11.0 Å². The Hall–Kier alpha value is -2.43. The van der Waals surface area contributed by atoms with E-state index in [1.165, 1.54) is 11.1 Å².